The minimum absolute atomic E-state index is 0.737. The summed E-state index contributed by atoms with van der Waals surface area (Å²) in [6, 6.07) is 3.04. The van der Waals surface area contributed by atoms with Crippen molar-refractivity contribution >= 4 is 11.8 Å². The van der Waals surface area contributed by atoms with Crippen LogP contribution in [0.1, 0.15) is 29.8 Å². The summed E-state index contributed by atoms with van der Waals surface area (Å²) in [5.74, 6) is 2.65. The van der Waals surface area contributed by atoms with E-state index in [9.17, 15) is 0 Å². The predicted molar refractivity (Wildman–Crippen MR) is 72.1 cm³/mol. The number of aromatic nitrogens is 1. The summed E-state index contributed by atoms with van der Waals surface area (Å²) >= 11 is 2.09. The van der Waals surface area contributed by atoms with Gasteiger partial charge in [0.1, 0.15) is 0 Å². The zero-order chi connectivity index (χ0) is 11.5. The largest absolute Gasteiger partial charge is 0.352 e. The first-order valence-electron chi connectivity index (χ1n) is 6.11. The molecule has 0 radical (unpaired) electrons. The van der Waals surface area contributed by atoms with Crippen molar-refractivity contribution in [1.82, 2.24) is 9.88 Å². The third kappa shape index (κ3) is 2.64. The van der Waals surface area contributed by atoms with E-state index < -0.39 is 0 Å². The number of nitrogens with zero attached hydrogens (tertiary/aromatic N) is 1. The third-order valence-electron chi connectivity index (χ3n) is 3.68. The lowest BCUT2D eigenvalue weighted by Crippen LogP contribution is -2.32. The molecule has 0 atom stereocenters. The Kier molecular flexibility index (Phi) is 3.98. The molecule has 2 heterocycles. The Morgan fingerprint density at radius 3 is 2.62 bits per heavy atom. The SMILES string of the molecule is Cc1cc(CNC2CCSCC2)c(C)n1C. The molecular formula is C13H22N2S. The van der Waals surface area contributed by atoms with Crippen LogP contribution in [-0.4, -0.2) is 22.1 Å². The molecule has 1 aromatic heterocycles. The molecule has 16 heavy (non-hydrogen) atoms. The second kappa shape index (κ2) is 5.28. The molecule has 0 aliphatic carbocycles. The highest BCUT2D eigenvalue weighted by molar-refractivity contribution is 7.99. The Morgan fingerprint density at radius 1 is 1.38 bits per heavy atom. The van der Waals surface area contributed by atoms with Crippen LogP contribution in [0, 0.1) is 13.8 Å². The molecule has 0 aromatic carbocycles. The van der Waals surface area contributed by atoms with Gasteiger partial charge in [0.05, 0.1) is 0 Å². The zero-order valence-electron chi connectivity index (χ0n) is 10.5. The van der Waals surface area contributed by atoms with Crippen LogP contribution in [0.15, 0.2) is 6.07 Å². The van der Waals surface area contributed by atoms with E-state index in [2.05, 4.69) is 48.6 Å². The fraction of sp³-hybridized carbons (Fsp3) is 0.692. The zero-order valence-corrected chi connectivity index (χ0v) is 11.4. The van der Waals surface area contributed by atoms with Gasteiger partial charge in [0.2, 0.25) is 0 Å². The Labute approximate surface area is 103 Å². The van der Waals surface area contributed by atoms with Crippen LogP contribution in [0.3, 0.4) is 0 Å². The monoisotopic (exact) mass is 238 g/mol. The lowest BCUT2D eigenvalue weighted by molar-refractivity contribution is 0.481. The lowest BCUT2D eigenvalue weighted by atomic mass is 10.1. The Balaban J connectivity index is 1.91. The van der Waals surface area contributed by atoms with Gasteiger partial charge >= 0.3 is 0 Å². The van der Waals surface area contributed by atoms with E-state index >= 15 is 0 Å². The Morgan fingerprint density at radius 2 is 2.06 bits per heavy atom. The Bertz CT molecular complexity index is 351. The highest BCUT2D eigenvalue weighted by atomic mass is 32.2. The van der Waals surface area contributed by atoms with Crippen LogP contribution >= 0.6 is 11.8 Å². The van der Waals surface area contributed by atoms with Crippen molar-refractivity contribution in [2.75, 3.05) is 11.5 Å². The quantitative estimate of drug-likeness (QED) is 0.872. The molecule has 0 amide bonds. The minimum Gasteiger partial charge on any atom is -0.352 e. The van der Waals surface area contributed by atoms with Crippen molar-refractivity contribution in [3.8, 4) is 0 Å². The van der Waals surface area contributed by atoms with Crippen LogP contribution < -0.4 is 5.32 Å². The summed E-state index contributed by atoms with van der Waals surface area (Å²) in [5.41, 5.74) is 4.21. The maximum Gasteiger partial charge on any atom is 0.0225 e. The molecule has 2 nitrogen and oxygen atoms in total. The van der Waals surface area contributed by atoms with Crippen LogP contribution in [0.4, 0.5) is 0 Å². The Hall–Kier alpha value is -0.410. The average Bonchev–Trinajstić information content (AvgIpc) is 2.56. The highest BCUT2D eigenvalue weighted by Gasteiger charge is 2.14. The first-order chi connectivity index (χ1) is 7.68. The van der Waals surface area contributed by atoms with Crippen molar-refractivity contribution < 1.29 is 0 Å². The standard InChI is InChI=1S/C13H22N2S/c1-10-8-12(11(2)15(10)3)9-14-13-4-6-16-7-5-13/h8,13-14H,4-7,9H2,1-3H3. The average molecular weight is 238 g/mol. The van der Waals surface area contributed by atoms with Gasteiger partial charge < -0.3 is 9.88 Å². The molecule has 90 valence electrons. The number of hydrogen-bond donors (Lipinski definition) is 1. The summed E-state index contributed by atoms with van der Waals surface area (Å²) in [6.45, 7) is 5.41. The summed E-state index contributed by atoms with van der Waals surface area (Å²) in [6.07, 6.45) is 2.66. The van der Waals surface area contributed by atoms with E-state index in [-0.39, 0.29) is 0 Å². The van der Waals surface area contributed by atoms with Gasteiger partial charge in [-0.15, -0.1) is 0 Å². The summed E-state index contributed by atoms with van der Waals surface area (Å²) in [5, 5.41) is 3.69. The molecule has 1 aliphatic heterocycles. The normalized spacial score (nSPS) is 17.9. The molecule has 2 rings (SSSR count). The maximum atomic E-state index is 3.69. The van der Waals surface area contributed by atoms with E-state index in [0.717, 1.165) is 12.6 Å². The van der Waals surface area contributed by atoms with Gasteiger partial charge in [0, 0.05) is 31.0 Å². The second-order valence-corrected chi connectivity index (χ2v) is 5.95. The van der Waals surface area contributed by atoms with Crippen molar-refractivity contribution in [1.29, 1.82) is 0 Å². The molecule has 1 fully saturated rings. The molecule has 0 spiro atoms. The van der Waals surface area contributed by atoms with Crippen LogP contribution in [0.25, 0.3) is 0 Å². The van der Waals surface area contributed by atoms with Gasteiger partial charge in [0.25, 0.3) is 0 Å². The van der Waals surface area contributed by atoms with Crippen molar-refractivity contribution in [2.24, 2.45) is 7.05 Å². The topological polar surface area (TPSA) is 17.0 Å². The van der Waals surface area contributed by atoms with Crippen molar-refractivity contribution in [2.45, 2.75) is 39.3 Å². The molecule has 1 aromatic rings. The summed E-state index contributed by atoms with van der Waals surface area (Å²) in [7, 11) is 2.14. The number of thioether (sulfide) groups is 1. The summed E-state index contributed by atoms with van der Waals surface area (Å²) < 4.78 is 2.27. The number of rotatable bonds is 3. The molecule has 0 unspecified atom stereocenters. The second-order valence-electron chi connectivity index (χ2n) is 4.72. The molecule has 0 saturated carbocycles. The van der Waals surface area contributed by atoms with Crippen LogP contribution in [-0.2, 0) is 13.6 Å². The first-order valence-corrected chi connectivity index (χ1v) is 7.27. The predicted octanol–water partition coefficient (Wildman–Crippen LogP) is 2.63. The van der Waals surface area contributed by atoms with Gasteiger partial charge in [-0.1, -0.05) is 0 Å². The van der Waals surface area contributed by atoms with Crippen molar-refractivity contribution in [3.05, 3.63) is 23.0 Å². The molecule has 3 heteroatoms. The van der Waals surface area contributed by atoms with Crippen molar-refractivity contribution in [3.63, 3.8) is 0 Å². The molecule has 1 aliphatic rings. The molecule has 1 saturated heterocycles. The highest BCUT2D eigenvalue weighted by Crippen LogP contribution is 2.18. The van der Waals surface area contributed by atoms with E-state index in [4.69, 9.17) is 0 Å². The molecular weight excluding hydrogens is 216 g/mol. The van der Waals surface area contributed by atoms with E-state index in [1.165, 1.54) is 41.3 Å². The third-order valence-corrected chi connectivity index (χ3v) is 4.73. The van der Waals surface area contributed by atoms with E-state index in [1.807, 2.05) is 0 Å². The van der Waals surface area contributed by atoms with E-state index in [0.29, 0.717) is 0 Å². The molecule has 1 N–H and O–H groups in total. The van der Waals surface area contributed by atoms with Gasteiger partial charge in [-0.05, 0) is 49.8 Å². The summed E-state index contributed by atoms with van der Waals surface area (Å²) in [4.78, 5) is 0. The maximum absolute atomic E-state index is 3.69. The minimum atomic E-state index is 0.737. The van der Waals surface area contributed by atoms with Gasteiger partial charge in [0.15, 0.2) is 0 Å². The van der Waals surface area contributed by atoms with Gasteiger partial charge in [-0.2, -0.15) is 11.8 Å². The number of nitrogens with one attached hydrogen (secondary N) is 1. The number of hydrogen-bond acceptors (Lipinski definition) is 2. The van der Waals surface area contributed by atoms with Gasteiger partial charge in [-0.25, -0.2) is 0 Å². The van der Waals surface area contributed by atoms with Crippen LogP contribution in [0.2, 0.25) is 0 Å². The fourth-order valence-electron chi connectivity index (χ4n) is 2.27. The number of aryl methyl sites for hydroxylation is 1. The van der Waals surface area contributed by atoms with Crippen LogP contribution in [0.5, 0.6) is 0 Å². The molecule has 0 bridgehead atoms. The van der Waals surface area contributed by atoms with Gasteiger partial charge in [-0.3, -0.25) is 0 Å². The first kappa shape index (κ1) is 12.1. The van der Waals surface area contributed by atoms with E-state index in [1.54, 1.807) is 0 Å². The smallest absolute Gasteiger partial charge is 0.0225 e. The fourth-order valence-corrected chi connectivity index (χ4v) is 3.37. The lowest BCUT2D eigenvalue weighted by Gasteiger charge is -2.22.